The Labute approximate surface area is 115 Å². The standard InChI is InChI=1S/BrH.2Ca.ClHO3.4H/c;;;2-1(3)4;;;;/h1H;;;2H;;;;. The minimum atomic E-state index is -2.60. The van der Waals surface area contributed by atoms with Crippen molar-refractivity contribution in [1.82, 2.24) is 0 Å². The fraction of sp³-hybridized carbons (Fsp3) is 0. The second-order valence-corrected chi connectivity index (χ2v) is 0.603. The summed E-state index contributed by atoms with van der Waals surface area (Å²) in [4.78, 5) is 0. The molecule has 0 rings (SSSR count). The van der Waals surface area contributed by atoms with Crippen molar-refractivity contribution in [2.45, 2.75) is 0 Å². The molecule has 0 aromatic rings. The Morgan fingerprint density at radius 1 is 1.14 bits per heavy atom. The summed E-state index contributed by atoms with van der Waals surface area (Å²) in [5.74, 6) is 0. The van der Waals surface area contributed by atoms with Crippen molar-refractivity contribution in [3.8, 4) is 0 Å². The van der Waals surface area contributed by atoms with Gasteiger partial charge in [0.25, 0.3) is 10.8 Å². The van der Waals surface area contributed by atoms with Gasteiger partial charge in [0.05, 0.1) is 0 Å². The van der Waals surface area contributed by atoms with Crippen molar-refractivity contribution in [3.63, 3.8) is 0 Å². The van der Waals surface area contributed by atoms with Gasteiger partial charge < -0.3 is 9.32 Å². The van der Waals surface area contributed by atoms with Crippen molar-refractivity contribution in [3.05, 3.63) is 0 Å². The molecule has 0 saturated carbocycles. The van der Waals surface area contributed by atoms with Crippen LogP contribution in [0, 0.1) is 10.8 Å². The largest absolute Gasteiger partial charge is 0.321 e. The van der Waals surface area contributed by atoms with Crippen molar-refractivity contribution in [1.29, 1.82) is 0 Å². The summed E-state index contributed by atoms with van der Waals surface area (Å²) in [6, 6.07) is 0. The van der Waals surface area contributed by atoms with Gasteiger partial charge in [-0.2, -0.15) is 0 Å². The first-order chi connectivity index (χ1) is 1.73. The second-order valence-electron chi connectivity index (χ2n) is 0.201. The molecular formula is H6BrCa2ClO3. The van der Waals surface area contributed by atoms with Crippen LogP contribution in [0.4, 0.5) is 0 Å². The molecule has 0 aliphatic rings. The number of rotatable bonds is 0. The Morgan fingerprint density at radius 3 is 1.14 bits per heavy atom. The molecule has 0 unspecified atom stereocenters. The zero-order chi connectivity index (χ0) is 3.58. The predicted octanol–water partition coefficient (Wildman–Crippen LogP) is -4.19. The molecule has 0 radical (unpaired) electrons. The third-order valence-electron chi connectivity index (χ3n) is 0. The smallest absolute Gasteiger partial charge is 0.282 e. The van der Waals surface area contributed by atoms with E-state index in [1.165, 1.54) is 0 Å². The maximum Gasteiger partial charge on any atom is 0.282 e. The Kier molecular flexibility index (Phi) is 51.6. The third kappa shape index (κ3) is 46.9. The molecule has 0 bridgehead atoms. The molecule has 0 saturated heterocycles. The average molecular weight is 250 g/mol. The van der Waals surface area contributed by atoms with Crippen molar-refractivity contribution < 1.29 is 24.8 Å². The monoisotopic (exact) mass is 248 g/mol. The molecule has 0 aliphatic carbocycles. The van der Waals surface area contributed by atoms with E-state index in [1.807, 2.05) is 0 Å². The Bertz CT molecular complexity index is 17.7. The van der Waals surface area contributed by atoms with E-state index in [0.29, 0.717) is 0 Å². The van der Waals surface area contributed by atoms with Gasteiger partial charge in [0, 0.05) is 4.66 Å². The van der Waals surface area contributed by atoms with Crippen LogP contribution in [0.3, 0.4) is 0 Å². The number of halogens is 2. The fourth-order valence-corrected chi connectivity index (χ4v) is 0. The minimum absolute atomic E-state index is 0. The molecule has 0 atom stereocenters. The van der Waals surface area contributed by atoms with Crippen molar-refractivity contribution in [2.75, 3.05) is 0 Å². The van der Waals surface area contributed by atoms with Gasteiger partial charge in [0.15, 0.2) is 0 Å². The quantitative estimate of drug-likeness (QED) is 0.443. The van der Waals surface area contributed by atoms with E-state index in [-0.39, 0.29) is 92.5 Å². The van der Waals surface area contributed by atoms with E-state index in [9.17, 15) is 0 Å². The van der Waals surface area contributed by atoms with Crippen LogP contribution in [-0.4, -0.2) is 80.1 Å². The summed E-state index contributed by atoms with van der Waals surface area (Å²) in [6.45, 7) is 0. The van der Waals surface area contributed by atoms with Gasteiger partial charge in [-0.05, 0) is 0 Å². The van der Waals surface area contributed by atoms with Gasteiger partial charge in [-0.15, -0.1) is 17.0 Å². The van der Waals surface area contributed by atoms with Crippen molar-refractivity contribution in [2.24, 2.45) is 0 Å². The summed E-state index contributed by atoms with van der Waals surface area (Å²) >= 11 is 0. The normalized spacial score (nSPS) is 5.14. The van der Waals surface area contributed by atoms with E-state index in [0.717, 1.165) is 0 Å². The third-order valence-corrected chi connectivity index (χ3v) is 0. The molecule has 7 heavy (non-hydrogen) atoms. The van der Waals surface area contributed by atoms with Gasteiger partial charge in [-0.1, -0.05) is 0 Å². The SMILES string of the molecule is Br.[CaH2].[CaH2].[O-][Cl+2]([O-])O. The van der Waals surface area contributed by atoms with Crippen LogP contribution in [0.5, 0.6) is 0 Å². The van der Waals surface area contributed by atoms with Gasteiger partial charge >= 0.3 is 75.5 Å². The van der Waals surface area contributed by atoms with Gasteiger partial charge in [0.2, 0.25) is 0 Å². The van der Waals surface area contributed by atoms with E-state index in [4.69, 9.17) is 14.0 Å². The van der Waals surface area contributed by atoms with E-state index >= 15 is 0 Å². The first-order valence-electron chi connectivity index (χ1n) is 0.478. The number of hydrogen-bond donors (Lipinski definition) is 1. The van der Waals surface area contributed by atoms with Gasteiger partial charge in [0.1, 0.15) is 0 Å². The Hall–Kier alpha value is 3.17. The summed E-state index contributed by atoms with van der Waals surface area (Å²) in [6.07, 6.45) is 0. The van der Waals surface area contributed by atoms with Crippen LogP contribution in [0.15, 0.2) is 0 Å². The second kappa shape index (κ2) is 16.1. The van der Waals surface area contributed by atoms with Crippen LogP contribution >= 0.6 is 17.0 Å². The molecule has 7 heteroatoms. The molecule has 0 aliphatic heterocycles. The van der Waals surface area contributed by atoms with Crippen LogP contribution in [0.1, 0.15) is 0 Å². The molecule has 1 N–H and O–H groups in total. The molecule has 0 amide bonds. The summed E-state index contributed by atoms with van der Waals surface area (Å²) in [5.41, 5.74) is 0. The van der Waals surface area contributed by atoms with Crippen LogP contribution in [0.25, 0.3) is 0 Å². The molecule has 0 aromatic heterocycles. The first-order valence-corrected chi connectivity index (χ1v) is 1.43. The fourth-order valence-electron chi connectivity index (χ4n) is 0. The summed E-state index contributed by atoms with van der Waals surface area (Å²) in [7, 11) is -2.60. The molecule has 0 spiro atoms. The average Bonchev–Trinajstić information content (AvgIpc) is 0.811. The summed E-state index contributed by atoms with van der Waals surface area (Å²) in [5, 5.41) is 0. The molecule has 0 aromatic carbocycles. The van der Waals surface area contributed by atoms with Crippen LogP contribution in [0.2, 0.25) is 0 Å². The van der Waals surface area contributed by atoms with Gasteiger partial charge in [-0.25, -0.2) is 0 Å². The Balaban J connectivity index is -0.0000000150. The summed E-state index contributed by atoms with van der Waals surface area (Å²) < 4.78 is 24.0. The topological polar surface area (TPSA) is 66.3 Å². The van der Waals surface area contributed by atoms with Gasteiger partial charge in [-0.3, -0.25) is 0 Å². The van der Waals surface area contributed by atoms with E-state index in [2.05, 4.69) is 0 Å². The zero-order valence-electron chi connectivity index (χ0n) is 2.05. The Morgan fingerprint density at radius 2 is 1.14 bits per heavy atom. The molecule has 0 heterocycles. The van der Waals surface area contributed by atoms with Crippen LogP contribution in [-0.2, 0) is 0 Å². The molecule has 0 fully saturated rings. The molecule has 42 valence electrons. The maximum absolute atomic E-state index is 8.52. The zero-order valence-corrected chi connectivity index (χ0v) is 4.52. The molecule has 3 nitrogen and oxygen atoms in total. The van der Waals surface area contributed by atoms with E-state index < -0.39 is 10.8 Å². The minimum Gasteiger partial charge on any atom is -0.321 e. The van der Waals surface area contributed by atoms with Crippen LogP contribution < -0.4 is 9.32 Å². The van der Waals surface area contributed by atoms with Crippen molar-refractivity contribution >= 4 is 92.5 Å². The number of hydrogen-bond acceptors (Lipinski definition) is 3. The predicted molar refractivity (Wildman–Crippen MR) is 29.6 cm³/mol. The first kappa shape index (κ1) is 22.5. The maximum atomic E-state index is 8.52. The molecular weight excluding hydrogens is 244 g/mol. The van der Waals surface area contributed by atoms with E-state index in [1.54, 1.807) is 0 Å².